The minimum absolute atomic E-state index is 0.0246. The Morgan fingerprint density at radius 2 is 1.60 bits per heavy atom. The van der Waals surface area contributed by atoms with Crippen LogP contribution in [0.3, 0.4) is 0 Å². The van der Waals surface area contributed by atoms with E-state index in [2.05, 4.69) is 71.9 Å². The van der Waals surface area contributed by atoms with Crippen molar-refractivity contribution in [1.82, 2.24) is 39.8 Å². The zero-order valence-corrected chi connectivity index (χ0v) is 40.3. The van der Waals surface area contributed by atoms with Gasteiger partial charge in [-0.3, -0.25) is 19.1 Å². The van der Waals surface area contributed by atoms with Crippen molar-refractivity contribution in [2.75, 3.05) is 74.0 Å². The quantitative estimate of drug-likeness (QED) is 0.0783. The highest BCUT2D eigenvalue weighted by atomic mass is 35.5. The fourth-order valence-electron chi connectivity index (χ4n) is 9.98. The Hall–Kier alpha value is -6.45. The number of likely N-dealkylation sites (tertiary alicyclic amines) is 1. The third kappa shape index (κ3) is 9.91. The van der Waals surface area contributed by atoms with Gasteiger partial charge in [0.15, 0.2) is 5.82 Å². The van der Waals surface area contributed by atoms with E-state index in [0.717, 1.165) is 115 Å². The van der Waals surface area contributed by atoms with Gasteiger partial charge in [-0.25, -0.2) is 4.98 Å². The number of piperidine rings is 1. The van der Waals surface area contributed by atoms with E-state index < -0.39 is 0 Å². The van der Waals surface area contributed by atoms with Crippen molar-refractivity contribution in [2.45, 2.75) is 78.8 Å². The van der Waals surface area contributed by atoms with Crippen LogP contribution in [0.1, 0.15) is 80.6 Å². The number of rotatable bonds is 14. The number of hydrogen-bond donors (Lipinski definition) is 4. The number of anilines is 3. The van der Waals surface area contributed by atoms with Gasteiger partial charge in [0.05, 0.1) is 22.8 Å². The lowest BCUT2D eigenvalue weighted by Crippen LogP contribution is -2.49. The molecule has 68 heavy (non-hydrogen) atoms. The summed E-state index contributed by atoms with van der Waals surface area (Å²) in [6, 6.07) is 23.8. The third-order valence-electron chi connectivity index (χ3n) is 13.8. The second-order valence-electron chi connectivity index (χ2n) is 18.6. The maximum absolute atomic E-state index is 13.4. The van der Waals surface area contributed by atoms with Gasteiger partial charge in [-0.15, -0.1) is 10.2 Å². The first-order valence-corrected chi connectivity index (χ1v) is 24.5. The Kier molecular flexibility index (Phi) is 14.0. The maximum atomic E-state index is 13.4. The molecule has 3 aliphatic rings. The normalized spacial score (nSPS) is 15.8. The lowest BCUT2D eigenvalue weighted by atomic mass is 9.95. The summed E-state index contributed by atoms with van der Waals surface area (Å²) >= 11 is 6.77. The van der Waals surface area contributed by atoms with E-state index in [1.54, 1.807) is 6.07 Å². The summed E-state index contributed by atoms with van der Waals surface area (Å²) in [7, 11) is 0. The number of halogens is 1. The summed E-state index contributed by atoms with van der Waals surface area (Å²) in [6.07, 6.45) is 3.62. The van der Waals surface area contributed by atoms with E-state index in [9.17, 15) is 19.8 Å². The minimum Gasteiger partial charge on any atom is -0.508 e. The third-order valence-corrected chi connectivity index (χ3v) is 14.1. The van der Waals surface area contributed by atoms with Crippen molar-refractivity contribution in [3.05, 3.63) is 106 Å². The van der Waals surface area contributed by atoms with Gasteiger partial charge in [0.25, 0.3) is 0 Å². The van der Waals surface area contributed by atoms with Crippen LogP contribution in [0.5, 0.6) is 11.5 Å². The van der Waals surface area contributed by atoms with Gasteiger partial charge < -0.3 is 35.5 Å². The minimum atomic E-state index is -0.0526. The van der Waals surface area contributed by atoms with Crippen molar-refractivity contribution in [2.24, 2.45) is 5.92 Å². The van der Waals surface area contributed by atoms with Crippen LogP contribution in [0, 0.1) is 12.8 Å². The summed E-state index contributed by atoms with van der Waals surface area (Å²) in [6.45, 7) is 15.6. The lowest BCUT2D eigenvalue weighted by Gasteiger charge is -2.38. The van der Waals surface area contributed by atoms with Crippen molar-refractivity contribution in [3.8, 4) is 28.6 Å². The smallest absolute Gasteiger partial charge is 0.224 e. The van der Waals surface area contributed by atoms with Crippen LogP contribution in [0.2, 0.25) is 5.02 Å². The van der Waals surface area contributed by atoms with Gasteiger partial charge in [0.2, 0.25) is 17.8 Å². The topological polar surface area (TPSA) is 168 Å². The molecule has 4 aromatic carbocycles. The Balaban J connectivity index is 0.777. The molecular weight excluding hydrogens is 878 g/mol. The number of aryl methyl sites for hydroxylation is 1. The number of carbonyl (C=O) groups excluding carboxylic acids is 2. The summed E-state index contributed by atoms with van der Waals surface area (Å²) in [5.41, 5.74) is 6.53. The molecular formula is C52H62ClN11O4. The first kappa shape index (κ1) is 46.7. The molecule has 2 amide bonds. The number of benzene rings is 4. The molecule has 6 aromatic rings. The Bertz CT molecular complexity index is 2780. The summed E-state index contributed by atoms with van der Waals surface area (Å²) in [5.74, 6) is 3.04. The standard InChI is InChI=1S/C52H62ClN11O4/c1-5-47(67)61-25-27-62(28-26-61)49-39-19-24-63(44-12-7-10-36-9-6-11-42(53)48(36)44)32-43(39)56-52(57-49)55-21-8-20-54-51(68)37-17-22-60(23-18-37)31-35-13-15-38(16-14-35)64-34(4)58-59-50(64)41-29-40(33(2)3)45(65)30-46(41)66/h6-7,9-16,29-30,33,37,65-66H,5,8,17-28,31-32H2,1-4H3,(H,54,68)(H,55,56,57). The van der Waals surface area contributed by atoms with Gasteiger partial charge in [0, 0.05) is 93.1 Å². The number of fused-ring (bicyclic) bond motifs is 2. The van der Waals surface area contributed by atoms with Crippen LogP contribution in [0.25, 0.3) is 27.8 Å². The average molecular weight is 941 g/mol. The largest absolute Gasteiger partial charge is 0.508 e. The molecule has 16 heteroatoms. The maximum Gasteiger partial charge on any atom is 0.224 e. The monoisotopic (exact) mass is 939 g/mol. The highest BCUT2D eigenvalue weighted by Crippen LogP contribution is 2.39. The zero-order valence-electron chi connectivity index (χ0n) is 39.5. The predicted octanol–water partition coefficient (Wildman–Crippen LogP) is 7.83. The molecule has 0 atom stereocenters. The molecule has 0 unspecified atom stereocenters. The molecule has 356 valence electrons. The molecule has 2 saturated heterocycles. The van der Waals surface area contributed by atoms with Gasteiger partial charge >= 0.3 is 0 Å². The molecule has 15 nitrogen and oxygen atoms in total. The number of nitrogens with one attached hydrogen (secondary N) is 2. The van der Waals surface area contributed by atoms with E-state index in [0.29, 0.717) is 62.3 Å². The van der Waals surface area contributed by atoms with Gasteiger partial charge in [-0.1, -0.05) is 68.8 Å². The molecule has 0 saturated carbocycles. The van der Waals surface area contributed by atoms with Crippen molar-refractivity contribution < 1.29 is 19.8 Å². The van der Waals surface area contributed by atoms with Gasteiger partial charge in [-0.2, -0.15) is 4.98 Å². The van der Waals surface area contributed by atoms with Crippen LogP contribution in [-0.2, 0) is 29.1 Å². The molecule has 4 N–H and O–H groups in total. The van der Waals surface area contributed by atoms with Gasteiger partial charge in [-0.05, 0) is 98.5 Å². The van der Waals surface area contributed by atoms with Crippen molar-refractivity contribution in [3.63, 3.8) is 0 Å². The number of nitrogens with zero attached hydrogens (tertiary/aromatic N) is 9. The number of phenols is 2. The number of carbonyl (C=O) groups is 2. The molecule has 5 heterocycles. The number of aromatic nitrogens is 5. The summed E-state index contributed by atoms with van der Waals surface area (Å²) in [4.78, 5) is 45.0. The first-order chi connectivity index (χ1) is 32.9. The number of piperazine rings is 1. The number of phenolic OH excluding ortho intramolecular Hbond substituents is 2. The molecule has 0 bridgehead atoms. The summed E-state index contributed by atoms with van der Waals surface area (Å²) in [5, 5.41) is 39.5. The number of hydrogen-bond acceptors (Lipinski definition) is 12. The highest BCUT2D eigenvalue weighted by Gasteiger charge is 2.30. The molecule has 0 aliphatic carbocycles. The Morgan fingerprint density at radius 1 is 0.853 bits per heavy atom. The van der Waals surface area contributed by atoms with Crippen LogP contribution in [0.15, 0.2) is 72.8 Å². The SMILES string of the molecule is CCC(=O)N1CCN(c2nc(NCCCNC(=O)C3CCN(Cc4ccc(-n5c(C)nnc5-c5cc(C(C)C)c(O)cc5O)cc4)CC3)nc3c2CCN(c2cccc4cccc(Cl)c24)C3)CC1. The molecule has 2 fully saturated rings. The zero-order chi connectivity index (χ0) is 47.5. The first-order valence-electron chi connectivity index (χ1n) is 24.1. The van der Waals surface area contributed by atoms with Crippen LogP contribution >= 0.6 is 11.6 Å². The molecule has 9 rings (SSSR count). The summed E-state index contributed by atoms with van der Waals surface area (Å²) < 4.78 is 1.92. The second kappa shape index (κ2) is 20.4. The van der Waals surface area contributed by atoms with Crippen LogP contribution in [-0.4, -0.2) is 115 Å². The van der Waals surface area contributed by atoms with Gasteiger partial charge in [0.1, 0.15) is 23.1 Å². The van der Waals surface area contributed by atoms with E-state index >= 15 is 0 Å². The van der Waals surface area contributed by atoms with E-state index in [1.807, 2.05) is 61.4 Å². The molecule has 0 spiro atoms. The Labute approximate surface area is 403 Å². The van der Waals surface area contributed by atoms with E-state index in [-0.39, 0.29) is 35.1 Å². The van der Waals surface area contributed by atoms with Crippen molar-refractivity contribution >= 4 is 51.6 Å². The fourth-order valence-corrected chi connectivity index (χ4v) is 10.3. The molecule has 2 aromatic heterocycles. The van der Waals surface area contributed by atoms with E-state index in [1.165, 1.54) is 11.6 Å². The molecule has 3 aliphatic heterocycles. The van der Waals surface area contributed by atoms with Crippen LogP contribution in [0.4, 0.5) is 17.5 Å². The molecule has 0 radical (unpaired) electrons. The Morgan fingerprint density at radius 3 is 2.34 bits per heavy atom. The van der Waals surface area contributed by atoms with E-state index in [4.69, 9.17) is 21.6 Å². The van der Waals surface area contributed by atoms with Crippen molar-refractivity contribution in [1.29, 1.82) is 0 Å². The fraction of sp³-hybridized carbons (Fsp3) is 0.423. The number of aromatic hydroxyl groups is 2. The average Bonchev–Trinajstić information content (AvgIpc) is 3.73. The lowest BCUT2D eigenvalue weighted by molar-refractivity contribution is -0.131. The number of amides is 2. The second-order valence-corrected chi connectivity index (χ2v) is 19.0. The predicted molar refractivity (Wildman–Crippen MR) is 268 cm³/mol. The highest BCUT2D eigenvalue weighted by molar-refractivity contribution is 6.36. The van der Waals surface area contributed by atoms with Crippen LogP contribution < -0.4 is 20.4 Å².